The van der Waals surface area contributed by atoms with Crippen molar-refractivity contribution in [2.75, 3.05) is 58.4 Å². The third-order valence-electron chi connectivity index (χ3n) is 7.70. The zero-order chi connectivity index (χ0) is 27.9. The standard InChI is InChI=1S/C29H38N4O6S/c1-32-24-7-6-21(17-27(34)30-9-3-10-33-11-13-37-14-12-33)39-26(24)19-38-25-8-5-20(16-23(25)29(32)36)31-28(35)18-22-4-2-15-40-22/h2,4-5,8,15-16,21,24,26H,3,6-7,9-14,17-19H2,1H3,(H,30,34)(H,31,35)/t21-,24+,26+/m1/s1. The highest BCUT2D eigenvalue weighted by molar-refractivity contribution is 7.10. The number of carbonyl (C=O) groups excluding carboxylic acids is 3. The Balaban J connectivity index is 1.12. The molecule has 3 amide bonds. The zero-order valence-electron chi connectivity index (χ0n) is 22.9. The predicted molar refractivity (Wildman–Crippen MR) is 152 cm³/mol. The van der Waals surface area contributed by atoms with E-state index in [9.17, 15) is 14.4 Å². The molecule has 0 aliphatic carbocycles. The van der Waals surface area contributed by atoms with Gasteiger partial charge in [0.05, 0.1) is 43.8 Å². The summed E-state index contributed by atoms with van der Waals surface area (Å²) in [6.45, 7) is 5.32. The minimum absolute atomic E-state index is 0.0133. The predicted octanol–water partition coefficient (Wildman–Crippen LogP) is 2.54. The number of amides is 3. The van der Waals surface area contributed by atoms with E-state index in [4.69, 9.17) is 14.2 Å². The molecule has 4 heterocycles. The van der Waals surface area contributed by atoms with Gasteiger partial charge in [0.25, 0.3) is 5.91 Å². The van der Waals surface area contributed by atoms with Gasteiger partial charge < -0.3 is 29.7 Å². The average molecular weight is 571 g/mol. The van der Waals surface area contributed by atoms with E-state index in [1.165, 1.54) is 11.3 Å². The molecule has 11 heteroatoms. The highest BCUT2D eigenvalue weighted by Crippen LogP contribution is 2.32. The number of anilines is 1. The summed E-state index contributed by atoms with van der Waals surface area (Å²) in [5.41, 5.74) is 0.965. The molecule has 10 nitrogen and oxygen atoms in total. The Morgan fingerprint density at radius 1 is 1.12 bits per heavy atom. The van der Waals surface area contributed by atoms with Crippen molar-refractivity contribution in [1.82, 2.24) is 15.1 Å². The van der Waals surface area contributed by atoms with Crippen LogP contribution in [0.3, 0.4) is 0 Å². The van der Waals surface area contributed by atoms with Gasteiger partial charge in [0, 0.05) is 37.2 Å². The Kier molecular flexibility index (Phi) is 9.69. The maximum Gasteiger partial charge on any atom is 0.257 e. The number of thiophene rings is 1. The topological polar surface area (TPSA) is 109 Å². The number of hydrogen-bond acceptors (Lipinski definition) is 8. The largest absolute Gasteiger partial charge is 0.490 e. The molecule has 0 bridgehead atoms. The molecule has 2 aromatic rings. The summed E-state index contributed by atoms with van der Waals surface area (Å²) in [7, 11) is 1.78. The summed E-state index contributed by atoms with van der Waals surface area (Å²) < 4.78 is 17.7. The molecule has 2 fully saturated rings. The van der Waals surface area contributed by atoms with Crippen LogP contribution in [0.4, 0.5) is 5.69 Å². The number of ether oxygens (including phenoxy) is 3. The lowest BCUT2D eigenvalue weighted by molar-refractivity contribution is -0.134. The number of morpholine rings is 1. The van der Waals surface area contributed by atoms with Crippen molar-refractivity contribution in [2.45, 2.75) is 50.4 Å². The van der Waals surface area contributed by atoms with Crippen LogP contribution < -0.4 is 15.4 Å². The molecule has 5 rings (SSSR count). The number of carbonyl (C=O) groups is 3. The fraction of sp³-hybridized carbons (Fsp3) is 0.552. The van der Waals surface area contributed by atoms with Crippen LogP contribution in [0.15, 0.2) is 35.7 Å². The molecule has 0 radical (unpaired) electrons. The lowest BCUT2D eigenvalue weighted by atomic mass is 9.94. The van der Waals surface area contributed by atoms with E-state index in [1.54, 1.807) is 30.1 Å². The highest BCUT2D eigenvalue weighted by Gasteiger charge is 2.39. The smallest absolute Gasteiger partial charge is 0.257 e. The van der Waals surface area contributed by atoms with Gasteiger partial charge in [-0.05, 0) is 55.5 Å². The lowest BCUT2D eigenvalue weighted by Gasteiger charge is -2.42. The number of hydrogen-bond donors (Lipinski definition) is 2. The van der Waals surface area contributed by atoms with Gasteiger partial charge in [-0.1, -0.05) is 6.07 Å². The second-order valence-corrected chi connectivity index (χ2v) is 11.6. The maximum atomic E-state index is 13.5. The van der Waals surface area contributed by atoms with E-state index in [1.807, 2.05) is 17.5 Å². The fourth-order valence-corrected chi connectivity index (χ4v) is 6.22. The number of rotatable bonds is 9. The van der Waals surface area contributed by atoms with Crippen LogP contribution in [0.25, 0.3) is 0 Å². The molecule has 3 aliphatic heterocycles. The van der Waals surface area contributed by atoms with Crippen molar-refractivity contribution in [2.24, 2.45) is 0 Å². The van der Waals surface area contributed by atoms with E-state index in [-0.39, 0.29) is 49.0 Å². The molecule has 40 heavy (non-hydrogen) atoms. The number of nitrogens with one attached hydrogen (secondary N) is 2. The second-order valence-electron chi connectivity index (χ2n) is 10.5. The molecule has 3 atom stereocenters. The third kappa shape index (κ3) is 7.39. The summed E-state index contributed by atoms with van der Waals surface area (Å²) >= 11 is 1.53. The molecule has 0 unspecified atom stereocenters. The van der Waals surface area contributed by atoms with Crippen LogP contribution in [-0.2, 0) is 25.5 Å². The van der Waals surface area contributed by atoms with Gasteiger partial charge in [0.1, 0.15) is 18.5 Å². The van der Waals surface area contributed by atoms with Gasteiger partial charge in [-0.25, -0.2) is 0 Å². The van der Waals surface area contributed by atoms with E-state index >= 15 is 0 Å². The van der Waals surface area contributed by atoms with Crippen molar-refractivity contribution in [1.29, 1.82) is 0 Å². The molecule has 0 spiro atoms. The minimum Gasteiger partial charge on any atom is -0.490 e. The summed E-state index contributed by atoms with van der Waals surface area (Å²) in [6.07, 6.45) is 2.34. The summed E-state index contributed by atoms with van der Waals surface area (Å²) in [5, 5.41) is 7.85. The Morgan fingerprint density at radius 2 is 1.98 bits per heavy atom. The van der Waals surface area contributed by atoms with Gasteiger partial charge in [0.2, 0.25) is 11.8 Å². The fourth-order valence-electron chi connectivity index (χ4n) is 5.52. The van der Waals surface area contributed by atoms with Crippen LogP contribution in [-0.4, -0.2) is 98.8 Å². The van der Waals surface area contributed by atoms with Crippen molar-refractivity contribution in [3.63, 3.8) is 0 Å². The number of nitrogens with zero attached hydrogens (tertiary/aromatic N) is 2. The Hall–Kier alpha value is -2.99. The first-order valence-corrected chi connectivity index (χ1v) is 14.9. The molecule has 1 aromatic carbocycles. The molecule has 3 aliphatic rings. The third-order valence-corrected chi connectivity index (χ3v) is 8.58. The zero-order valence-corrected chi connectivity index (χ0v) is 23.8. The van der Waals surface area contributed by atoms with Crippen molar-refractivity contribution >= 4 is 34.7 Å². The summed E-state index contributed by atoms with van der Waals surface area (Å²) in [6, 6.07) is 8.81. The number of likely N-dealkylation sites (N-methyl/N-ethyl adjacent to an activating group) is 1. The molecule has 1 aromatic heterocycles. The molecular weight excluding hydrogens is 532 g/mol. The van der Waals surface area contributed by atoms with Crippen molar-refractivity contribution < 1.29 is 28.6 Å². The van der Waals surface area contributed by atoms with E-state index in [0.29, 0.717) is 36.4 Å². The summed E-state index contributed by atoms with van der Waals surface area (Å²) in [4.78, 5) is 43.6. The molecule has 216 valence electrons. The summed E-state index contributed by atoms with van der Waals surface area (Å²) in [5.74, 6) is 0.123. The molecule has 2 N–H and O–H groups in total. The first kappa shape index (κ1) is 28.5. The monoisotopic (exact) mass is 570 g/mol. The van der Waals surface area contributed by atoms with Crippen LogP contribution in [0, 0.1) is 0 Å². The molecule has 2 saturated heterocycles. The first-order chi connectivity index (χ1) is 19.5. The van der Waals surface area contributed by atoms with Crippen LogP contribution >= 0.6 is 11.3 Å². The molecular formula is C29H38N4O6S. The van der Waals surface area contributed by atoms with Gasteiger partial charge in [0.15, 0.2) is 0 Å². The average Bonchev–Trinajstić information content (AvgIpc) is 3.47. The highest BCUT2D eigenvalue weighted by atomic mass is 32.1. The van der Waals surface area contributed by atoms with Gasteiger partial charge >= 0.3 is 0 Å². The van der Waals surface area contributed by atoms with Crippen LogP contribution in [0.5, 0.6) is 5.75 Å². The van der Waals surface area contributed by atoms with Crippen molar-refractivity contribution in [3.8, 4) is 5.75 Å². The van der Waals surface area contributed by atoms with Crippen LogP contribution in [0.2, 0.25) is 0 Å². The Labute approximate surface area is 238 Å². The maximum absolute atomic E-state index is 13.5. The lowest BCUT2D eigenvalue weighted by Crippen LogP contribution is -2.54. The van der Waals surface area contributed by atoms with E-state index in [0.717, 1.165) is 50.6 Å². The van der Waals surface area contributed by atoms with Gasteiger partial charge in [-0.3, -0.25) is 19.3 Å². The first-order valence-electron chi connectivity index (χ1n) is 14.0. The molecule has 0 saturated carbocycles. The van der Waals surface area contributed by atoms with Crippen LogP contribution in [0.1, 0.15) is 40.9 Å². The second kappa shape index (κ2) is 13.6. The van der Waals surface area contributed by atoms with E-state index < -0.39 is 0 Å². The Morgan fingerprint density at radius 3 is 2.77 bits per heavy atom. The number of benzene rings is 1. The van der Waals surface area contributed by atoms with Crippen molar-refractivity contribution in [3.05, 3.63) is 46.2 Å². The number of fused-ring (bicyclic) bond motifs is 2. The SMILES string of the molecule is CN1C(=O)c2cc(NC(=O)Cc3cccs3)ccc2OC[C@@H]2O[C@@H](CC(=O)NCCCN3CCOCC3)CC[C@@H]21. The quantitative estimate of drug-likeness (QED) is 0.446. The normalized spacial score (nSPS) is 23.3. The minimum atomic E-state index is -0.333. The van der Waals surface area contributed by atoms with Gasteiger partial charge in [-0.2, -0.15) is 0 Å². The van der Waals surface area contributed by atoms with Gasteiger partial charge in [-0.15, -0.1) is 11.3 Å². The van der Waals surface area contributed by atoms with E-state index in [2.05, 4.69) is 15.5 Å². The Bertz CT molecular complexity index is 1170.